The number of hydrogen-bond acceptors (Lipinski definition) is 7. The van der Waals surface area contributed by atoms with Crippen molar-refractivity contribution in [3.63, 3.8) is 0 Å². The Labute approximate surface area is 202 Å². The molecule has 0 saturated heterocycles. The second kappa shape index (κ2) is 10.8. The van der Waals surface area contributed by atoms with E-state index in [1.807, 2.05) is 73.8 Å². The van der Waals surface area contributed by atoms with E-state index in [9.17, 15) is 9.90 Å². The van der Waals surface area contributed by atoms with Gasteiger partial charge >= 0.3 is 0 Å². The van der Waals surface area contributed by atoms with Crippen LogP contribution in [0.25, 0.3) is 21.3 Å². The quantitative estimate of drug-likeness (QED) is 0.352. The van der Waals surface area contributed by atoms with Gasteiger partial charge in [0.05, 0.1) is 19.0 Å². The van der Waals surface area contributed by atoms with Crippen LogP contribution >= 0.6 is 11.3 Å². The fourth-order valence-electron chi connectivity index (χ4n) is 3.82. The molecule has 4 rings (SSSR count). The minimum Gasteiger partial charge on any atom is -0.496 e. The lowest BCUT2D eigenvalue weighted by Crippen LogP contribution is -2.40. The summed E-state index contributed by atoms with van der Waals surface area (Å²) in [6.45, 7) is 5.08. The molecule has 0 spiro atoms. The molecule has 4 aromatic rings. The van der Waals surface area contributed by atoms with Crippen LogP contribution in [-0.4, -0.2) is 52.4 Å². The first-order valence-electron chi connectivity index (χ1n) is 11.2. The molecule has 34 heavy (non-hydrogen) atoms. The second-order valence-corrected chi connectivity index (χ2v) is 9.20. The van der Waals surface area contributed by atoms with E-state index >= 15 is 0 Å². The number of hydrogen-bond donors (Lipinski definition) is 2. The lowest BCUT2D eigenvalue weighted by atomic mass is 10.1. The van der Waals surface area contributed by atoms with Crippen molar-refractivity contribution in [2.24, 2.45) is 0 Å². The molecule has 0 bridgehead atoms. The molecule has 0 unspecified atom stereocenters. The summed E-state index contributed by atoms with van der Waals surface area (Å²) >= 11 is 1.44. The third kappa shape index (κ3) is 5.47. The van der Waals surface area contributed by atoms with Gasteiger partial charge in [0.2, 0.25) is 0 Å². The maximum Gasteiger partial charge on any atom is 0.260 e. The molecule has 0 amide bonds. The van der Waals surface area contributed by atoms with E-state index < -0.39 is 6.10 Å². The summed E-state index contributed by atoms with van der Waals surface area (Å²) < 4.78 is 11.2. The zero-order valence-corrected chi connectivity index (χ0v) is 20.3. The van der Waals surface area contributed by atoms with Crippen LogP contribution < -0.4 is 15.0 Å². The molecule has 0 saturated carbocycles. The van der Waals surface area contributed by atoms with Crippen LogP contribution in [0.2, 0.25) is 0 Å². The second-order valence-electron chi connectivity index (χ2n) is 8.34. The third-order valence-electron chi connectivity index (χ3n) is 5.60. The van der Waals surface area contributed by atoms with Crippen molar-refractivity contribution in [3.05, 3.63) is 76.2 Å². The molecule has 0 aliphatic heterocycles. The number of nitrogens with zero attached hydrogens (tertiary/aromatic N) is 2. The van der Waals surface area contributed by atoms with Crippen molar-refractivity contribution in [2.75, 3.05) is 20.3 Å². The Balaban J connectivity index is 1.51. The fourth-order valence-corrected chi connectivity index (χ4v) is 4.77. The molecule has 8 heteroatoms. The van der Waals surface area contributed by atoms with Crippen molar-refractivity contribution in [3.8, 4) is 22.6 Å². The zero-order chi connectivity index (χ0) is 24.1. The largest absolute Gasteiger partial charge is 0.496 e. The lowest BCUT2D eigenvalue weighted by Gasteiger charge is -2.28. The number of thiophene rings is 1. The van der Waals surface area contributed by atoms with Gasteiger partial charge in [-0.2, -0.15) is 0 Å². The number of nitrogens with one attached hydrogen (secondary N) is 1. The van der Waals surface area contributed by atoms with Gasteiger partial charge in [0.1, 0.15) is 34.9 Å². The van der Waals surface area contributed by atoms with E-state index in [-0.39, 0.29) is 18.2 Å². The number of benzene rings is 2. The molecule has 2 aromatic carbocycles. The molecule has 2 aromatic heterocycles. The van der Waals surface area contributed by atoms with Crippen molar-refractivity contribution >= 4 is 21.6 Å². The van der Waals surface area contributed by atoms with Crippen LogP contribution in [0.1, 0.15) is 19.7 Å². The van der Waals surface area contributed by atoms with Gasteiger partial charge in [0, 0.05) is 29.1 Å². The highest BCUT2D eigenvalue weighted by molar-refractivity contribution is 7.17. The fraction of sp³-hybridized carbons (Fsp3) is 0.308. The van der Waals surface area contributed by atoms with Crippen molar-refractivity contribution in [2.45, 2.75) is 32.5 Å². The lowest BCUT2D eigenvalue weighted by molar-refractivity contribution is 0.0533. The van der Waals surface area contributed by atoms with Crippen molar-refractivity contribution < 1.29 is 14.6 Å². The minimum absolute atomic E-state index is 0.139. The maximum absolute atomic E-state index is 13.1. The van der Waals surface area contributed by atoms with E-state index in [1.165, 1.54) is 11.3 Å². The molecule has 0 radical (unpaired) electrons. The Morgan fingerprint density at radius 3 is 2.56 bits per heavy atom. The number of H-pyrrole nitrogens is 1. The summed E-state index contributed by atoms with van der Waals surface area (Å²) in [5.41, 5.74) is 1.49. The smallest absolute Gasteiger partial charge is 0.260 e. The predicted molar refractivity (Wildman–Crippen MR) is 136 cm³/mol. The monoisotopic (exact) mass is 479 g/mol. The summed E-state index contributed by atoms with van der Waals surface area (Å²) in [6, 6.07) is 17.2. The number of rotatable bonds is 10. The third-order valence-corrected chi connectivity index (χ3v) is 6.48. The van der Waals surface area contributed by atoms with Crippen LogP contribution in [0.4, 0.5) is 0 Å². The maximum atomic E-state index is 13.1. The van der Waals surface area contributed by atoms with Gasteiger partial charge < -0.3 is 19.6 Å². The molecule has 2 N–H and O–H groups in total. The number of para-hydroxylation sites is 2. The Bertz CT molecular complexity index is 1290. The standard InChI is InChI=1S/C26H29N3O4S/c1-17(2)29(13-18(30)15-33-19-9-5-4-6-10-19)14-23-27-25(31)24-21(16-34-26(24)28-23)20-11-7-8-12-22(20)32-3/h4-12,16-18,30H,13-15H2,1-3H3,(H,27,28,31)/t18-/m1/s1. The Morgan fingerprint density at radius 1 is 1.09 bits per heavy atom. The van der Waals surface area contributed by atoms with Gasteiger partial charge in [-0.15, -0.1) is 11.3 Å². The number of methoxy groups -OCH3 is 1. The van der Waals surface area contributed by atoms with Gasteiger partial charge in [-0.25, -0.2) is 4.98 Å². The molecular formula is C26H29N3O4S. The molecule has 7 nitrogen and oxygen atoms in total. The summed E-state index contributed by atoms with van der Waals surface area (Å²) in [5.74, 6) is 2.00. The molecule has 0 aliphatic carbocycles. The summed E-state index contributed by atoms with van der Waals surface area (Å²) in [4.78, 5) is 23.5. The van der Waals surface area contributed by atoms with E-state index in [2.05, 4.69) is 9.88 Å². The number of aliphatic hydroxyl groups excluding tert-OH is 1. The van der Waals surface area contributed by atoms with Gasteiger partial charge in [-0.05, 0) is 32.0 Å². The van der Waals surface area contributed by atoms with E-state index in [0.29, 0.717) is 34.9 Å². The van der Waals surface area contributed by atoms with Crippen LogP contribution in [-0.2, 0) is 6.54 Å². The van der Waals surface area contributed by atoms with E-state index in [0.717, 1.165) is 16.9 Å². The van der Waals surface area contributed by atoms with Crippen molar-refractivity contribution in [1.29, 1.82) is 0 Å². The van der Waals surface area contributed by atoms with Crippen LogP contribution in [0, 0.1) is 0 Å². The topological polar surface area (TPSA) is 87.7 Å². The first-order valence-corrected chi connectivity index (χ1v) is 12.1. The number of aromatic amines is 1. The Hall–Kier alpha value is -3.20. The normalized spacial score (nSPS) is 12.4. The first-order chi connectivity index (χ1) is 16.5. The first kappa shape index (κ1) is 23.9. The highest BCUT2D eigenvalue weighted by Crippen LogP contribution is 2.36. The zero-order valence-electron chi connectivity index (χ0n) is 19.5. The number of aliphatic hydroxyl groups is 1. The molecule has 1 atom stereocenters. The van der Waals surface area contributed by atoms with E-state index in [1.54, 1.807) is 7.11 Å². The van der Waals surface area contributed by atoms with Crippen LogP contribution in [0.15, 0.2) is 64.8 Å². The minimum atomic E-state index is -0.683. The average Bonchev–Trinajstić information content (AvgIpc) is 3.27. The Morgan fingerprint density at radius 2 is 1.82 bits per heavy atom. The van der Waals surface area contributed by atoms with Crippen LogP contribution in [0.5, 0.6) is 11.5 Å². The highest BCUT2D eigenvalue weighted by atomic mass is 32.1. The average molecular weight is 480 g/mol. The van der Waals surface area contributed by atoms with Gasteiger partial charge in [0.25, 0.3) is 5.56 Å². The van der Waals surface area contributed by atoms with Gasteiger partial charge in [0.15, 0.2) is 0 Å². The summed E-state index contributed by atoms with van der Waals surface area (Å²) in [7, 11) is 1.62. The number of ether oxygens (including phenoxy) is 2. The highest BCUT2D eigenvalue weighted by Gasteiger charge is 2.20. The molecule has 2 heterocycles. The van der Waals surface area contributed by atoms with Gasteiger partial charge in [-0.3, -0.25) is 9.69 Å². The summed E-state index contributed by atoms with van der Waals surface area (Å²) in [6.07, 6.45) is -0.683. The molecule has 178 valence electrons. The Kier molecular flexibility index (Phi) is 7.62. The van der Waals surface area contributed by atoms with Gasteiger partial charge in [-0.1, -0.05) is 36.4 Å². The summed E-state index contributed by atoms with van der Waals surface area (Å²) in [5, 5.41) is 13.0. The molecular weight excluding hydrogens is 450 g/mol. The predicted octanol–water partition coefficient (Wildman–Crippen LogP) is 4.31. The molecule has 0 fully saturated rings. The van der Waals surface area contributed by atoms with E-state index in [4.69, 9.17) is 14.5 Å². The SMILES string of the molecule is COc1ccccc1-c1csc2nc(CN(C[C@@H](O)COc3ccccc3)C(C)C)[nH]c(=O)c12. The number of aromatic nitrogens is 2. The van der Waals surface area contributed by atoms with Crippen molar-refractivity contribution in [1.82, 2.24) is 14.9 Å². The number of fused-ring (bicyclic) bond motifs is 1. The van der Waals surface area contributed by atoms with Crippen LogP contribution in [0.3, 0.4) is 0 Å². The molecule has 0 aliphatic rings.